The van der Waals surface area contributed by atoms with E-state index in [-0.39, 0.29) is 17.9 Å². The molecule has 2 N–H and O–H groups in total. The summed E-state index contributed by atoms with van der Waals surface area (Å²) in [4.78, 5) is 12.4. The molecule has 2 aliphatic rings. The zero-order valence-corrected chi connectivity index (χ0v) is 13.4. The number of hydrogen-bond acceptors (Lipinski definition) is 2. The number of nitrogens with one attached hydrogen (secondary N) is 2. The molecule has 0 bridgehead atoms. The molecule has 1 aromatic carbocycles. The van der Waals surface area contributed by atoms with Crippen LogP contribution in [-0.4, -0.2) is 18.5 Å². The van der Waals surface area contributed by atoms with Crippen molar-refractivity contribution in [3.05, 3.63) is 33.8 Å². The van der Waals surface area contributed by atoms with Gasteiger partial charge in [0.15, 0.2) is 0 Å². The van der Waals surface area contributed by atoms with E-state index in [0.29, 0.717) is 6.04 Å². The first-order chi connectivity index (χ1) is 9.65. The van der Waals surface area contributed by atoms with E-state index in [9.17, 15) is 4.79 Å². The van der Waals surface area contributed by atoms with Gasteiger partial charge in [0, 0.05) is 16.4 Å². The second-order valence-electron chi connectivity index (χ2n) is 5.98. The number of halogens is 1. The summed E-state index contributed by atoms with van der Waals surface area (Å²) < 4.78 is 1.17. The van der Waals surface area contributed by atoms with Crippen LogP contribution >= 0.6 is 15.9 Å². The Bertz CT molecular complexity index is 517. The number of carbonyl (C=O) groups is 1. The average molecular weight is 337 g/mol. The Morgan fingerprint density at radius 3 is 3.05 bits per heavy atom. The van der Waals surface area contributed by atoms with Gasteiger partial charge in [-0.2, -0.15) is 0 Å². The molecule has 0 saturated carbocycles. The van der Waals surface area contributed by atoms with Gasteiger partial charge in [-0.1, -0.05) is 28.1 Å². The van der Waals surface area contributed by atoms with E-state index in [4.69, 9.17) is 0 Å². The summed E-state index contributed by atoms with van der Waals surface area (Å²) in [6.45, 7) is 3.10. The van der Waals surface area contributed by atoms with Crippen LogP contribution in [0.5, 0.6) is 0 Å². The van der Waals surface area contributed by atoms with Crippen molar-refractivity contribution in [2.75, 3.05) is 6.54 Å². The highest BCUT2D eigenvalue weighted by Crippen LogP contribution is 2.35. The molecule has 0 spiro atoms. The van der Waals surface area contributed by atoms with E-state index in [1.807, 2.05) is 0 Å². The Labute approximate surface area is 128 Å². The van der Waals surface area contributed by atoms with E-state index in [1.54, 1.807) is 0 Å². The third-order valence-electron chi connectivity index (χ3n) is 4.52. The normalized spacial score (nSPS) is 29.0. The Morgan fingerprint density at radius 1 is 1.40 bits per heavy atom. The molecule has 20 heavy (non-hydrogen) atoms. The summed E-state index contributed by atoms with van der Waals surface area (Å²) in [6.07, 6.45) is 3.96. The van der Waals surface area contributed by atoms with Gasteiger partial charge < -0.3 is 10.6 Å². The highest BCUT2D eigenvalue weighted by Gasteiger charge is 2.29. The standard InChI is InChI=1S/C16H21BrN2O/c1-10-9-11(7-8-18-10)16(20)19-15-6-5-12-13(15)3-2-4-14(12)17/h2-4,10-11,15,18H,5-9H2,1H3,(H,19,20)/t10-,11-,15?/m0/s1. The van der Waals surface area contributed by atoms with Crippen LogP contribution in [-0.2, 0) is 11.2 Å². The molecular formula is C16H21BrN2O. The number of fused-ring (bicyclic) bond motifs is 1. The Kier molecular flexibility index (Phi) is 4.13. The molecule has 108 valence electrons. The minimum atomic E-state index is 0.169. The van der Waals surface area contributed by atoms with Gasteiger partial charge in [0.25, 0.3) is 0 Å². The van der Waals surface area contributed by atoms with Crippen LogP contribution in [0.25, 0.3) is 0 Å². The van der Waals surface area contributed by atoms with E-state index in [1.165, 1.54) is 15.6 Å². The quantitative estimate of drug-likeness (QED) is 0.871. The van der Waals surface area contributed by atoms with Crippen molar-refractivity contribution in [1.82, 2.24) is 10.6 Å². The van der Waals surface area contributed by atoms with Gasteiger partial charge in [0.1, 0.15) is 0 Å². The monoisotopic (exact) mass is 336 g/mol. The number of amides is 1. The Morgan fingerprint density at radius 2 is 2.25 bits per heavy atom. The van der Waals surface area contributed by atoms with Crippen molar-refractivity contribution in [3.8, 4) is 0 Å². The number of carbonyl (C=O) groups excluding carboxylic acids is 1. The van der Waals surface area contributed by atoms with Gasteiger partial charge in [-0.25, -0.2) is 0 Å². The fraction of sp³-hybridized carbons (Fsp3) is 0.562. The maximum Gasteiger partial charge on any atom is 0.223 e. The SMILES string of the molecule is C[C@H]1C[C@@H](C(=O)NC2CCc3c(Br)cccc32)CCN1. The second kappa shape index (κ2) is 5.86. The van der Waals surface area contributed by atoms with Crippen molar-refractivity contribution < 1.29 is 4.79 Å². The second-order valence-corrected chi connectivity index (χ2v) is 6.84. The third kappa shape index (κ3) is 2.77. The van der Waals surface area contributed by atoms with E-state index >= 15 is 0 Å². The first-order valence-corrected chi connectivity index (χ1v) is 8.25. The number of rotatable bonds is 2. The van der Waals surface area contributed by atoms with Crippen molar-refractivity contribution >= 4 is 21.8 Å². The molecule has 3 rings (SSSR count). The van der Waals surface area contributed by atoms with E-state index < -0.39 is 0 Å². The van der Waals surface area contributed by atoms with Crippen LogP contribution < -0.4 is 10.6 Å². The lowest BCUT2D eigenvalue weighted by Crippen LogP contribution is -2.43. The lowest BCUT2D eigenvalue weighted by atomic mass is 9.92. The van der Waals surface area contributed by atoms with E-state index in [0.717, 1.165) is 32.2 Å². The molecule has 0 radical (unpaired) electrons. The van der Waals surface area contributed by atoms with E-state index in [2.05, 4.69) is 51.7 Å². The first kappa shape index (κ1) is 14.1. The Balaban J connectivity index is 1.68. The maximum atomic E-state index is 12.4. The topological polar surface area (TPSA) is 41.1 Å². The summed E-state index contributed by atoms with van der Waals surface area (Å²) in [5, 5.41) is 6.66. The van der Waals surface area contributed by atoms with Crippen LogP contribution in [0.1, 0.15) is 43.4 Å². The van der Waals surface area contributed by atoms with Crippen LogP contribution in [0.2, 0.25) is 0 Å². The van der Waals surface area contributed by atoms with Gasteiger partial charge in [0.2, 0.25) is 5.91 Å². The molecule has 3 nitrogen and oxygen atoms in total. The summed E-state index contributed by atoms with van der Waals surface area (Å²) in [5.74, 6) is 0.402. The molecule has 1 fully saturated rings. The summed E-state index contributed by atoms with van der Waals surface area (Å²) in [5.41, 5.74) is 2.64. The van der Waals surface area contributed by atoms with Crippen molar-refractivity contribution in [2.45, 2.75) is 44.7 Å². The molecule has 4 heteroatoms. The molecule has 1 aromatic rings. The number of hydrogen-bond donors (Lipinski definition) is 2. The predicted molar refractivity (Wildman–Crippen MR) is 83.5 cm³/mol. The van der Waals surface area contributed by atoms with Gasteiger partial charge in [-0.05, 0) is 56.3 Å². The fourth-order valence-electron chi connectivity index (χ4n) is 3.42. The third-order valence-corrected chi connectivity index (χ3v) is 5.27. The minimum absolute atomic E-state index is 0.169. The molecule has 1 saturated heterocycles. The molecule has 1 amide bonds. The highest BCUT2D eigenvalue weighted by molar-refractivity contribution is 9.10. The van der Waals surface area contributed by atoms with Gasteiger partial charge in [-0.15, -0.1) is 0 Å². The van der Waals surface area contributed by atoms with Crippen molar-refractivity contribution in [2.24, 2.45) is 5.92 Å². The summed E-state index contributed by atoms with van der Waals surface area (Å²) in [6, 6.07) is 6.92. The Hall–Kier alpha value is -0.870. The zero-order valence-electron chi connectivity index (χ0n) is 11.8. The lowest BCUT2D eigenvalue weighted by Gasteiger charge is -2.28. The van der Waals surface area contributed by atoms with Crippen molar-refractivity contribution in [3.63, 3.8) is 0 Å². The number of benzene rings is 1. The molecule has 0 aromatic heterocycles. The van der Waals surface area contributed by atoms with Gasteiger partial charge in [0.05, 0.1) is 6.04 Å². The van der Waals surface area contributed by atoms with Gasteiger partial charge in [-0.3, -0.25) is 4.79 Å². The molecule has 1 aliphatic carbocycles. The van der Waals surface area contributed by atoms with Crippen LogP contribution in [0.4, 0.5) is 0 Å². The summed E-state index contributed by atoms with van der Waals surface area (Å²) >= 11 is 3.60. The number of piperidine rings is 1. The van der Waals surface area contributed by atoms with Crippen LogP contribution in [0, 0.1) is 5.92 Å². The minimum Gasteiger partial charge on any atom is -0.349 e. The maximum absolute atomic E-state index is 12.4. The summed E-state index contributed by atoms with van der Waals surface area (Å²) in [7, 11) is 0. The van der Waals surface area contributed by atoms with Gasteiger partial charge >= 0.3 is 0 Å². The molecular weight excluding hydrogens is 316 g/mol. The van der Waals surface area contributed by atoms with Crippen LogP contribution in [0.3, 0.4) is 0 Å². The highest BCUT2D eigenvalue weighted by atomic mass is 79.9. The van der Waals surface area contributed by atoms with Crippen LogP contribution in [0.15, 0.2) is 22.7 Å². The average Bonchev–Trinajstić information content (AvgIpc) is 2.83. The molecule has 1 unspecified atom stereocenters. The molecule has 1 heterocycles. The predicted octanol–water partition coefficient (Wildman–Crippen LogP) is 2.94. The zero-order chi connectivity index (χ0) is 14.1. The lowest BCUT2D eigenvalue weighted by molar-refractivity contribution is -0.126. The largest absolute Gasteiger partial charge is 0.349 e. The fourth-order valence-corrected chi connectivity index (χ4v) is 4.00. The smallest absolute Gasteiger partial charge is 0.223 e. The first-order valence-electron chi connectivity index (χ1n) is 7.46. The van der Waals surface area contributed by atoms with Crippen molar-refractivity contribution in [1.29, 1.82) is 0 Å². The molecule has 1 aliphatic heterocycles. The molecule has 3 atom stereocenters.